The fourth-order valence-corrected chi connectivity index (χ4v) is 1.66. The topological polar surface area (TPSA) is 76.2 Å². The van der Waals surface area contributed by atoms with Crippen molar-refractivity contribution in [2.24, 2.45) is 0 Å². The van der Waals surface area contributed by atoms with Crippen LogP contribution in [0.4, 0.5) is 0 Å². The molecule has 0 aliphatic heterocycles. The van der Waals surface area contributed by atoms with Crippen molar-refractivity contribution in [2.45, 2.75) is 6.29 Å². The summed E-state index contributed by atoms with van der Waals surface area (Å²) in [6.45, 7) is 0.271. The number of amides is 1. The summed E-state index contributed by atoms with van der Waals surface area (Å²) >= 11 is 0. The molecule has 18 heavy (non-hydrogen) atoms. The van der Waals surface area contributed by atoms with Crippen LogP contribution >= 0.6 is 0 Å². The van der Waals surface area contributed by atoms with E-state index in [2.05, 4.69) is 15.5 Å². The van der Waals surface area contributed by atoms with Crippen LogP contribution in [-0.2, 0) is 9.47 Å². The lowest BCUT2D eigenvalue weighted by Crippen LogP contribution is -2.34. The van der Waals surface area contributed by atoms with Gasteiger partial charge in [0.05, 0.1) is 12.1 Å². The summed E-state index contributed by atoms with van der Waals surface area (Å²) in [4.78, 5) is 12.0. The number of ether oxygens (including phenoxy) is 2. The van der Waals surface area contributed by atoms with Gasteiger partial charge in [-0.1, -0.05) is 18.2 Å². The predicted octanol–water partition coefficient (Wildman–Crippen LogP) is 0.912. The molecule has 2 aromatic rings. The van der Waals surface area contributed by atoms with E-state index in [9.17, 15) is 4.79 Å². The van der Waals surface area contributed by atoms with Gasteiger partial charge < -0.3 is 14.8 Å². The minimum absolute atomic E-state index is 0.258. The van der Waals surface area contributed by atoms with Gasteiger partial charge in [-0.05, 0) is 6.07 Å². The molecule has 2 N–H and O–H groups in total. The fourth-order valence-electron chi connectivity index (χ4n) is 1.66. The van der Waals surface area contributed by atoms with Gasteiger partial charge >= 0.3 is 0 Å². The monoisotopic (exact) mass is 249 g/mol. The highest BCUT2D eigenvalue weighted by Crippen LogP contribution is 2.14. The maximum absolute atomic E-state index is 12.0. The number of hydrogen-bond donors (Lipinski definition) is 2. The van der Waals surface area contributed by atoms with Crippen LogP contribution in [0.15, 0.2) is 24.3 Å². The lowest BCUT2D eigenvalue weighted by molar-refractivity contribution is -0.0974. The van der Waals surface area contributed by atoms with Crippen LogP contribution < -0.4 is 5.32 Å². The summed E-state index contributed by atoms with van der Waals surface area (Å²) in [5, 5.41) is 10.3. The minimum Gasteiger partial charge on any atom is -0.354 e. The molecule has 6 heteroatoms. The molecule has 0 radical (unpaired) electrons. The second kappa shape index (κ2) is 5.61. The molecule has 0 saturated heterocycles. The number of para-hydroxylation sites is 1. The van der Waals surface area contributed by atoms with E-state index in [0.29, 0.717) is 5.69 Å². The summed E-state index contributed by atoms with van der Waals surface area (Å²) in [6, 6.07) is 7.46. The molecule has 2 rings (SSSR count). The van der Waals surface area contributed by atoms with Gasteiger partial charge in [0.25, 0.3) is 5.91 Å². The van der Waals surface area contributed by atoms with Crippen molar-refractivity contribution in [3.63, 3.8) is 0 Å². The van der Waals surface area contributed by atoms with E-state index in [1.165, 1.54) is 14.2 Å². The normalized spacial score (nSPS) is 11.1. The number of rotatable bonds is 5. The largest absolute Gasteiger partial charge is 0.354 e. The summed E-state index contributed by atoms with van der Waals surface area (Å²) in [5.74, 6) is -0.258. The number of carbonyl (C=O) groups is 1. The van der Waals surface area contributed by atoms with E-state index in [1.54, 1.807) is 0 Å². The van der Waals surface area contributed by atoms with Crippen LogP contribution in [0.25, 0.3) is 10.9 Å². The first-order valence-electron chi connectivity index (χ1n) is 5.53. The maximum atomic E-state index is 12.0. The smallest absolute Gasteiger partial charge is 0.272 e. The lowest BCUT2D eigenvalue weighted by atomic mass is 10.2. The number of nitrogens with one attached hydrogen (secondary N) is 2. The Hall–Kier alpha value is -1.92. The Morgan fingerprint density at radius 1 is 1.39 bits per heavy atom. The molecular weight excluding hydrogens is 234 g/mol. The molecule has 0 atom stereocenters. The van der Waals surface area contributed by atoms with Gasteiger partial charge in [-0.2, -0.15) is 5.10 Å². The number of nitrogens with zero attached hydrogens (tertiary/aromatic N) is 1. The Kier molecular flexibility index (Phi) is 3.91. The maximum Gasteiger partial charge on any atom is 0.272 e. The second-order valence-corrected chi connectivity index (χ2v) is 3.73. The van der Waals surface area contributed by atoms with Crippen LogP contribution in [0, 0.1) is 0 Å². The fraction of sp³-hybridized carbons (Fsp3) is 0.333. The van der Waals surface area contributed by atoms with Crippen molar-refractivity contribution in [1.29, 1.82) is 0 Å². The van der Waals surface area contributed by atoms with Gasteiger partial charge in [0.2, 0.25) is 0 Å². The van der Waals surface area contributed by atoms with Gasteiger partial charge in [0.15, 0.2) is 12.0 Å². The predicted molar refractivity (Wildman–Crippen MR) is 66.2 cm³/mol. The number of benzene rings is 1. The average molecular weight is 249 g/mol. The number of aromatic amines is 1. The van der Waals surface area contributed by atoms with E-state index < -0.39 is 6.29 Å². The van der Waals surface area contributed by atoms with E-state index in [0.717, 1.165) is 10.9 Å². The second-order valence-electron chi connectivity index (χ2n) is 3.73. The van der Waals surface area contributed by atoms with Crippen molar-refractivity contribution in [1.82, 2.24) is 15.5 Å². The van der Waals surface area contributed by atoms with Crippen molar-refractivity contribution in [3.05, 3.63) is 30.0 Å². The standard InChI is InChI=1S/C12H15N3O3/c1-17-10(18-2)7-13-12(16)11-8-5-3-4-6-9(8)14-15-11/h3-6,10H,7H2,1-2H3,(H,13,16)(H,14,15). The van der Waals surface area contributed by atoms with Crippen molar-refractivity contribution < 1.29 is 14.3 Å². The van der Waals surface area contributed by atoms with Crippen molar-refractivity contribution in [2.75, 3.05) is 20.8 Å². The first kappa shape index (κ1) is 12.5. The summed E-state index contributed by atoms with van der Waals surface area (Å²) in [5.41, 5.74) is 1.20. The molecule has 0 spiro atoms. The van der Waals surface area contributed by atoms with Crippen LogP contribution in [0.5, 0.6) is 0 Å². The summed E-state index contributed by atoms with van der Waals surface area (Å²) in [7, 11) is 3.04. The molecule has 1 heterocycles. The highest BCUT2D eigenvalue weighted by molar-refractivity contribution is 6.04. The highest BCUT2D eigenvalue weighted by Gasteiger charge is 2.15. The molecule has 0 aliphatic rings. The quantitative estimate of drug-likeness (QED) is 0.772. The van der Waals surface area contributed by atoms with E-state index in [-0.39, 0.29) is 12.5 Å². The molecule has 0 aliphatic carbocycles. The summed E-state index contributed by atoms with van der Waals surface area (Å²) in [6.07, 6.45) is -0.459. The number of fused-ring (bicyclic) bond motifs is 1. The average Bonchev–Trinajstić information content (AvgIpc) is 2.83. The summed E-state index contributed by atoms with van der Waals surface area (Å²) < 4.78 is 9.98. The zero-order valence-electron chi connectivity index (χ0n) is 10.3. The SMILES string of the molecule is COC(CNC(=O)c1n[nH]c2ccccc12)OC. The number of carbonyl (C=O) groups excluding carboxylic acids is 1. The van der Waals surface area contributed by atoms with Crippen LogP contribution in [0.3, 0.4) is 0 Å². The Morgan fingerprint density at radius 3 is 2.83 bits per heavy atom. The van der Waals surface area contributed by atoms with Gasteiger partial charge in [0.1, 0.15) is 0 Å². The third kappa shape index (κ3) is 2.49. The van der Waals surface area contributed by atoms with Crippen LogP contribution in [0.1, 0.15) is 10.5 Å². The Bertz CT molecular complexity index is 534. The Labute approximate surface area is 104 Å². The van der Waals surface area contributed by atoms with Gasteiger partial charge in [0, 0.05) is 19.6 Å². The zero-order chi connectivity index (χ0) is 13.0. The zero-order valence-corrected chi connectivity index (χ0v) is 10.3. The number of methoxy groups -OCH3 is 2. The first-order valence-corrected chi connectivity index (χ1v) is 5.53. The molecule has 0 unspecified atom stereocenters. The van der Waals surface area contributed by atoms with Gasteiger partial charge in [-0.25, -0.2) is 0 Å². The van der Waals surface area contributed by atoms with E-state index in [4.69, 9.17) is 9.47 Å². The van der Waals surface area contributed by atoms with Crippen molar-refractivity contribution in [3.8, 4) is 0 Å². The molecule has 0 fully saturated rings. The minimum atomic E-state index is -0.459. The lowest BCUT2D eigenvalue weighted by Gasteiger charge is -2.13. The Balaban J connectivity index is 2.09. The molecular formula is C12H15N3O3. The molecule has 1 amide bonds. The third-order valence-corrected chi connectivity index (χ3v) is 2.64. The Morgan fingerprint density at radius 2 is 2.11 bits per heavy atom. The van der Waals surface area contributed by atoms with E-state index in [1.807, 2.05) is 24.3 Å². The van der Waals surface area contributed by atoms with Gasteiger partial charge in [-0.15, -0.1) is 0 Å². The number of H-pyrrole nitrogens is 1. The number of aromatic nitrogens is 2. The number of hydrogen-bond acceptors (Lipinski definition) is 4. The molecule has 6 nitrogen and oxygen atoms in total. The van der Waals surface area contributed by atoms with Crippen molar-refractivity contribution >= 4 is 16.8 Å². The molecule has 0 saturated carbocycles. The van der Waals surface area contributed by atoms with Crippen LogP contribution in [-0.4, -0.2) is 43.2 Å². The van der Waals surface area contributed by atoms with E-state index >= 15 is 0 Å². The molecule has 1 aromatic carbocycles. The molecule has 0 bridgehead atoms. The van der Waals surface area contributed by atoms with Gasteiger partial charge in [-0.3, -0.25) is 9.89 Å². The highest BCUT2D eigenvalue weighted by atomic mass is 16.7. The first-order chi connectivity index (χ1) is 8.76. The molecule has 1 aromatic heterocycles. The third-order valence-electron chi connectivity index (χ3n) is 2.64. The van der Waals surface area contributed by atoms with Crippen LogP contribution in [0.2, 0.25) is 0 Å². The molecule has 96 valence electrons.